The predicted octanol–water partition coefficient (Wildman–Crippen LogP) is 5.92. The lowest BCUT2D eigenvalue weighted by Gasteiger charge is -2.34. The van der Waals surface area contributed by atoms with Gasteiger partial charge in [-0.15, -0.1) is 11.3 Å². The summed E-state index contributed by atoms with van der Waals surface area (Å²) in [4.78, 5) is 20.4. The highest BCUT2D eigenvalue weighted by Gasteiger charge is 2.34. The van der Waals surface area contributed by atoms with Crippen LogP contribution in [0.15, 0.2) is 36.4 Å². The normalized spacial score (nSPS) is 16.0. The molecule has 0 radical (unpaired) electrons. The van der Waals surface area contributed by atoms with Crippen LogP contribution in [0.4, 0.5) is 10.1 Å². The standard InChI is InChI=1S/C22H20ClFN2O2S/c1-4-19-22(27)26(11-15-16(23)6-5-7-17(15)24)18-10-14(8-9-20(18)28-19)21-12(2)29-13(3)25-21/h5-10,19H,4,11H2,1-3H3. The number of rotatable bonds is 4. The number of hydrogen-bond acceptors (Lipinski definition) is 4. The molecule has 1 aromatic heterocycles. The Kier molecular flexibility index (Phi) is 5.32. The Labute approximate surface area is 177 Å². The van der Waals surface area contributed by atoms with E-state index in [0.717, 1.165) is 21.1 Å². The van der Waals surface area contributed by atoms with Crippen molar-refractivity contribution in [1.82, 2.24) is 4.98 Å². The van der Waals surface area contributed by atoms with Crippen LogP contribution >= 0.6 is 22.9 Å². The lowest BCUT2D eigenvalue weighted by molar-refractivity contribution is -0.126. The maximum Gasteiger partial charge on any atom is 0.268 e. The zero-order chi connectivity index (χ0) is 20.7. The SMILES string of the molecule is CCC1Oc2ccc(-c3nc(C)sc3C)cc2N(Cc2c(F)cccc2Cl)C1=O. The highest BCUT2D eigenvalue weighted by Crippen LogP contribution is 2.40. The van der Waals surface area contributed by atoms with Crippen molar-refractivity contribution >= 4 is 34.5 Å². The highest BCUT2D eigenvalue weighted by atomic mass is 35.5. The van der Waals surface area contributed by atoms with Crippen LogP contribution in [0.2, 0.25) is 5.02 Å². The van der Waals surface area contributed by atoms with E-state index in [2.05, 4.69) is 4.98 Å². The average Bonchev–Trinajstić information content (AvgIpc) is 3.03. The molecule has 1 amide bonds. The van der Waals surface area contributed by atoms with Gasteiger partial charge in [0, 0.05) is 21.0 Å². The number of benzene rings is 2. The average molecular weight is 431 g/mol. The summed E-state index contributed by atoms with van der Waals surface area (Å²) in [5.41, 5.74) is 2.66. The van der Waals surface area contributed by atoms with Crippen LogP contribution in [0, 0.1) is 19.7 Å². The van der Waals surface area contributed by atoms with Crippen LogP contribution < -0.4 is 9.64 Å². The third-order valence-electron chi connectivity index (χ3n) is 4.99. The fraction of sp³-hybridized carbons (Fsp3) is 0.273. The van der Waals surface area contributed by atoms with Gasteiger partial charge in [-0.05, 0) is 50.6 Å². The smallest absolute Gasteiger partial charge is 0.268 e. The van der Waals surface area contributed by atoms with Crippen LogP contribution in [0.5, 0.6) is 5.75 Å². The third-order valence-corrected chi connectivity index (χ3v) is 6.23. The summed E-state index contributed by atoms with van der Waals surface area (Å²) in [5, 5.41) is 1.27. The van der Waals surface area contributed by atoms with E-state index in [1.807, 2.05) is 39.0 Å². The molecule has 1 atom stereocenters. The van der Waals surface area contributed by atoms with Gasteiger partial charge in [0.15, 0.2) is 6.10 Å². The fourth-order valence-corrected chi connectivity index (χ4v) is 4.59. The minimum Gasteiger partial charge on any atom is -0.478 e. The molecule has 4 nitrogen and oxygen atoms in total. The Morgan fingerprint density at radius 2 is 2.07 bits per heavy atom. The van der Waals surface area contributed by atoms with E-state index in [1.165, 1.54) is 6.07 Å². The molecule has 0 aliphatic carbocycles. The number of amides is 1. The second-order valence-corrected chi connectivity index (χ2v) is 8.77. The minimum atomic E-state index is -0.609. The Morgan fingerprint density at radius 3 is 2.72 bits per heavy atom. The molecule has 0 fully saturated rings. The maximum absolute atomic E-state index is 14.4. The highest BCUT2D eigenvalue weighted by molar-refractivity contribution is 7.11. The van der Waals surface area contributed by atoms with Gasteiger partial charge >= 0.3 is 0 Å². The summed E-state index contributed by atoms with van der Waals surface area (Å²) in [6, 6.07) is 10.2. The van der Waals surface area contributed by atoms with Crippen molar-refractivity contribution in [2.75, 3.05) is 4.90 Å². The van der Waals surface area contributed by atoms with E-state index < -0.39 is 11.9 Å². The summed E-state index contributed by atoms with van der Waals surface area (Å²) in [5.74, 6) is -0.0477. The first kappa shape index (κ1) is 19.9. The van der Waals surface area contributed by atoms with Gasteiger partial charge in [-0.3, -0.25) is 4.79 Å². The molecule has 0 N–H and O–H groups in total. The van der Waals surface area contributed by atoms with Gasteiger partial charge in [0.25, 0.3) is 5.91 Å². The molecule has 1 unspecified atom stereocenters. The van der Waals surface area contributed by atoms with E-state index in [0.29, 0.717) is 22.9 Å². The van der Waals surface area contributed by atoms with Crippen LogP contribution in [-0.2, 0) is 11.3 Å². The molecule has 7 heteroatoms. The molecule has 2 aromatic carbocycles. The number of aromatic nitrogens is 1. The summed E-state index contributed by atoms with van der Waals surface area (Å²) < 4.78 is 20.3. The first-order valence-electron chi connectivity index (χ1n) is 9.38. The van der Waals surface area contributed by atoms with Crippen molar-refractivity contribution < 1.29 is 13.9 Å². The first-order chi connectivity index (χ1) is 13.9. The van der Waals surface area contributed by atoms with Gasteiger partial charge in [0.05, 0.1) is 22.9 Å². The topological polar surface area (TPSA) is 42.4 Å². The second kappa shape index (κ2) is 7.76. The van der Waals surface area contributed by atoms with Crippen molar-refractivity contribution in [3.05, 3.63) is 62.7 Å². The van der Waals surface area contributed by atoms with Crippen molar-refractivity contribution in [2.45, 2.75) is 39.8 Å². The number of nitrogens with zero attached hydrogens (tertiary/aromatic N) is 2. The van der Waals surface area contributed by atoms with Crippen LogP contribution in [-0.4, -0.2) is 17.0 Å². The summed E-state index contributed by atoms with van der Waals surface area (Å²) in [6.07, 6.45) is -0.0894. The molecule has 0 saturated carbocycles. The molecule has 4 rings (SSSR count). The number of hydrogen-bond donors (Lipinski definition) is 0. The maximum atomic E-state index is 14.4. The number of halogens is 2. The van der Waals surface area contributed by atoms with Gasteiger partial charge in [-0.25, -0.2) is 9.37 Å². The second-order valence-electron chi connectivity index (χ2n) is 6.96. The largest absolute Gasteiger partial charge is 0.478 e. The number of carbonyl (C=O) groups excluding carboxylic acids is 1. The third kappa shape index (κ3) is 3.63. The van der Waals surface area contributed by atoms with Gasteiger partial charge in [-0.1, -0.05) is 24.6 Å². The molecule has 0 saturated heterocycles. The summed E-state index contributed by atoms with van der Waals surface area (Å²) in [6.45, 7) is 5.91. The lowest BCUT2D eigenvalue weighted by atomic mass is 10.0. The monoisotopic (exact) mass is 430 g/mol. The van der Waals surface area contributed by atoms with Gasteiger partial charge < -0.3 is 9.64 Å². The number of ether oxygens (including phenoxy) is 1. The van der Waals surface area contributed by atoms with Crippen molar-refractivity contribution in [1.29, 1.82) is 0 Å². The lowest BCUT2D eigenvalue weighted by Crippen LogP contribution is -2.45. The van der Waals surface area contributed by atoms with Crippen LogP contribution in [0.3, 0.4) is 0 Å². The first-order valence-corrected chi connectivity index (χ1v) is 10.6. The number of aryl methyl sites for hydroxylation is 2. The van der Waals surface area contributed by atoms with E-state index in [-0.39, 0.29) is 18.0 Å². The Morgan fingerprint density at radius 1 is 1.28 bits per heavy atom. The van der Waals surface area contributed by atoms with Crippen molar-refractivity contribution in [3.63, 3.8) is 0 Å². The zero-order valence-electron chi connectivity index (χ0n) is 16.3. The van der Waals surface area contributed by atoms with Crippen LogP contribution in [0.1, 0.15) is 28.8 Å². The van der Waals surface area contributed by atoms with E-state index in [1.54, 1.807) is 28.4 Å². The van der Waals surface area contributed by atoms with Crippen molar-refractivity contribution in [3.8, 4) is 17.0 Å². The molecule has 1 aliphatic heterocycles. The molecule has 0 spiro atoms. The molecule has 1 aliphatic rings. The summed E-state index contributed by atoms with van der Waals surface area (Å²) in [7, 11) is 0. The quantitative estimate of drug-likeness (QED) is 0.515. The Bertz CT molecular complexity index is 1080. The number of fused-ring (bicyclic) bond motifs is 1. The van der Waals surface area contributed by atoms with Crippen LogP contribution in [0.25, 0.3) is 11.3 Å². The predicted molar refractivity (Wildman–Crippen MR) is 114 cm³/mol. The van der Waals surface area contributed by atoms with E-state index >= 15 is 0 Å². The Balaban J connectivity index is 1.82. The van der Waals surface area contributed by atoms with E-state index in [9.17, 15) is 9.18 Å². The number of carbonyl (C=O) groups is 1. The number of anilines is 1. The van der Waals surface area contributed by atoms with Gasteiger partial charge in [0.2, 0.25) is 0 Å². The molecule has 29 heavy (non-hydrogen) atoms. The molecular weight excluding hydrogens is 411 g/mol. The summed E-state index contributed by atoms with van der Waals surface area (Å²) >= 11 is 7.85. The van der Waals surface area contributed by atoms with Crippen molar-refractivity contribution in [2.24, 2.45) is 0 Å². The molecule has 3 aromatic rings. The molecule has 0 bridgehead atoms. The zero-order valence-corrected chi connectivity index (χ0v) is 17.9. The molecule has 150 valence electrons. The van der Waals surface area contributed by atoms with E-state index in [4.69, 9.17) is 16.3 Å². The Hall–Kier alpha value is -2.44. The molecule has 2 heterocycles. The number of thiazole rings is 1. The minimum absolute atomic E-state index is 0.0374. The fourth-order valence-electron chi connectivity index (χ4n) is 3.53. The molecular formula is C22H20ClFN2O2S. The van der Waals surface area contributed by atoms with Gasteiger partial charge in [0.1, 0.15) is 11.6 Å². The van der Waals surface area contributed by atoms with Gasteiger partial charge in [-0.2, -0.15) is 0 Å².